The van der Waals surface area contributed by atoms with Crippen LogP contribution in [-0.4, -0.2) is 43.3 Å². The van der Waals surface area contributed by atoms with Gasteiger partial charge in [0.15, 0.2) is 5.82 Å². The normalized spacial score (nSPS) is 10.8. The molecule has 11 heteroatoms. The van der Waals surface area contributed by atoms with Gasteiger partial charge in [-0.05, 0) is 24.6 Å². The second-order valence-corrected chi connectivity index (χ2v) is 6.00. The molecule has 3 rings (SSSR count). The molecular formula is C18H17F2N5O4. The number of carbonyl (C=O) groups excluding carboxylic acids is 2. The maximum atomic E-state index is 13.4. The van der Waals surface area contributed by atoms with Gasteiger partial charge in [0.25, 0.3) is 0 Å². The fourth-order valence-electron chi connectivity index (χ4n) is 2.55. The molecule has 0 aliphatic heterocycles. The Balaban J connectivity index is 1.92. The monoisotopic (exact) mass is 405 g/mol. The van der Waals surface area contributed by atoms with E-state index in [9.17, 15) is 18.4 Å². The van der Waals surface area contributed by atoms with Crippen molar-refractivity contribution in [3.63, 3.8) is 0 Å². The number of hydrogen-bond donors (Lipinski definition) is 0. The summed E-state index contributed by atoms with van der Waals surface area (Å²) in [5.41, 5.74) is 0.755. The van der Waals surface area contributed by atoms with Gasteiger partial charge in [-0.15, -0.1) is 5.10 Å². The zero-order chi connectivity index (χ0) is 21.0. The van der Waals surface area contributed by atoms with Gasteiger partial charge in [0.05, 0.1) is 19.3 Å². The summed E-state index contributed by atoms with van der Waals surface area (Å²) in [4.78, 5) is 23.2. The summed E-state index contributed by atoms with van der Waals surface area (Å²) >= 11 is 0. The molecule has 0 radical (unpaired) electrons. The second kappa shape index (κ2) is 8.59. The average Bonchev–Trinajstić information content (AvgIpc) is 3.26. The number of esters is 2. The van der Waals surface area contributed by atoms with Crippen LogP contribution in [-0.2, 0) is 27.4 Å². The third kappa shape index (κ3) is 5.00. The minimum absolute atomic E-state index is 0.0100. The third-order valence-electron chi connectivity index (χ3n) is 3.69. The Morgan fingerprint density at radius 3 is 2.48 bits per heavy atom. The minimum Gasteiger partial charge on any atom is -0.462 e. The van der Waals surface area contributed by atoms with Gasteiger partial charge in [-0.1, -0.05) is 5.21 Å². The van der Waals surface area contributed by atoms with Crippen LogP contribution >= 0.6 is 0 Å². The molecule has 0 atom stereocenters. The number of carbonyl (C=O) groups is 2. The number of benzene rings is 1. The van der Waals surface area contributed by atoms with Gasteiger partial charge in [-0.25, -0.2) is 13.6 Å². The lowest BCUT2D eigenvalue weighted by Gasteiger charge is -2.02. The highest BCUT2D eigenvalue weighted by atomic mass is 19.1. The first-order chi connectivity index (χ1) is 13.9. The Bertz CT molecular complexity index is 1030. The number of ether oxygens (including phenoxy) is 2. The Morgan fingerprint density at radius 2 is 1.83 bits per heavy atom. The molecule has 0 bridgehead atoms. The molecule has 2 aromatic heterocycles. The van der Waals surface area contributed by atoms with Crippen LogP contribution in [0, 0.1) is 11.6 Å². The molecule has 29 heavy (non-hydrogen) atoms. The fraction of sp³-hybridized carbons (Fsp3) is 0.278. The molecule has 0 aliphatic rings. The standard InChI is InChI=1S/C18H17F2N5O4/c1-3-28-18(27)16-9-24(7-12-4-13(19)6-14(20)5-12)22-17(16)25-8-15(21-23-25)10-29-11(2)26/h4-6,8-9H,3,7,10H2,1-2H3. The number of aromatic nitrogens is 5. The molecular weight excluding hydrogens is 388 g/mol. The van der Waals surface area contributed by atoms with Gasteiger partial charge < -0.3 is 9.47 Å². The van der Waals surface area contributed by atoms with E-state index >= 15 is 0 Å². The van der Waals surface area contributed by atoms with Crippen LogP contribution in [0.1, 0.15) is 35.5 Å². The maximum Gasteiger partial charge on any atom is 0.343 e. The largest absolute Gasteiger partial charge is 0.462 e. The van der Waals surface area contributed by atoms with E-state index in [0.29, 0.717) is 11.3 Å². The quantitative estimate of drug-likeness (QED) is 0.554. The SMILES string of the molecule is CCOC(=O)c1cn(Cc2cc(F)cc(F)c2)nc1-n1cc(COC(C)=O)nn1. The Morgan fingerprint density at radius 1 is 1.10 bits per heavy atom. The molecule has 0 aliphatic carbocycles. The highest BCUT2D eigenvalue weighted by Crippen LogP contribution is 2.16. The Hall–Kier alpha value is -3.63. The zero-order valence-electron chi connectivity index (χ0n) is 15.6. The Labute approximate surface area is 163 Å². The van der Waals surface area contributed by atoms with E-state index in [-0.39, 0.29) is 31.1 Å². The summed E-state index contributed by atoms with van der Waals surface area (Å²) in [6, 6.07) is 3.10. The molecule has 0 fully saturated rings. The highest BCUT2D eigenvalue weighted by Gasteiger charge is 2.21. The topological polar surface area (TPSA) is 101 Å². The lowest BCUT2D eigenvalue weighted by molar-refractivity contribution is -0.142. The first kappa shape index (κ1) is 20.1. The molecule has 2 heterocycles. The van der Waals surface area contributed by atoms with Gasteiger partial charge in [0.2, 0.25) is 0 Å². The van der Waals surface area contributed by atoms with Gasteiger partial charge in [-0.3, -0.25) is 9.48 Å². The van der Waals surface area contributed by atoms with Gasteiger partial charge in [0.1, 0.15) is 29.5 Å². The van der Waals surface area contributed by atoms with Crippen molar-refractivity contribution in [2.75, 3.05) is 6.61 Å². The van der Waals surface area contributed by atoms with Crippen molar-refractivity contribution in [1.29, 1.82) is 0 Å². The molecule has 152 valence electrons. The second-order valence-electron chi connectivity index (χ2n) is 6.00. The van der Waals surface area contributed by atoms with E-state index in [1.807, 2.05) is 0 Å². The molecule has 0 saturated carbocycles. The lowest BCUT2D eigenvalue weighted by Crippen LogP contribution is -2.08. The molecule has 0 amide bonds. The number of nitrogens with zero attached hydrogens (tertiary/aromatic N) is 5. The van der Waals surface area contributed by atoms with Crippen LogP contribution in [0.4, 0.5) is 8.78 Å². The average molecular weight is 405 g/mol. The van der Waals surface area contributed by atoms with Gasteiger partial charge >= 0.3 is 11.9 Å². The van der Waals surface area contributed by atoms with Crippen LogP contribution in [0.25, 0.3) is 5.82 Å². The molecule has 1 aromatic carbocycles. The van der Waals surface area contributed by atoms with Crippen molar-refractivity contribution in [1.82, 2.24) is 24.8 Å². The van der Waals surface area contributed by atoms with Crippen LogP contribution < -0.4 is 0 Å². The highest BCUT2D eigenvalue weighted by molar-refractivity contribution is 5.92. The smallest absolute Gasteiger partial charge is 0.343 e. The molecule has 0 unspecified atom stereocenters. The predicted molar refractivity (Wildman–Crippen MR) is 94.0 cm³/mol. The fourth-order valence-corrected chi connectivity index (χ4v) is 2.55. The first-order valence-electron chi connectivity index (χ1n) is 8.60. The van der Waals surface area contributed by atoms with E-state index in [1.165, 1.54) is 40.8 Å². The summed E-state index contributed by atoms with van der Waals surface area (Å²) in [7, 11) is 0. The van der Waals surface area contributed by atoms with Crippen LogP contribution in [0.5, 0.6) is 0 Å². The van der Waals surface area contributed by atoms with E-state index in [1.54, 1.807) is 6.92 Å². The van der Waals surface area contributed by atoms with E-state index in [0.717, 1.165) is 6.07 Å². The molecule has 9 nitrogen and oxygen atoms in total. The van der Waals surface area contributed by atoms with Crippen LogP contribution in [0.2, 0.25) is 0 Å². The molecule has 0 saturated heterocycles. The van der Waals surface area contributed by atoms with Crippen LogP contribution in [0.3, 0.4) is 0 Å². The Kier molecular flexibility index (Phi) is 5.96. The minimum atomic E-state index is -0.718. The molecule has 0 spiro atoms. The summed E-state index contributed by atoms with van der Waals surface area (Å²) in [5.74, 6) is -2.44. The number of rotatable bonds is 7. The predicted octanol–water partition coefficient (Wildman–Crippen LogP) is 2.03. The molecule has 3 aromatic rings. The number of hydrogen-bond acceptors (Lipinski definition) is 7. The summed E-state index contributed by atoms with van der Waals surface area (Å²) in [6.45, 7) is 2.99. The first-order valence-corrected chi connectivity index (χ1v) is 8.60. The van der Waals surface area contributed by atoms with Crippen molar-refractivity contribution in [2.45, 2.75) is 27.0 Å². The van der Waals surface area contributed by atoms with Crippen molar-refractivity contribution < 1.29 is 27.8 Å². The van der Waals surface area contributed by atoms with Crippen molar-refractivity contribution in [3.05, 3.63) is 59.0 Å². The van der Waals surface area contributed by atoms with E-state index < -0.39 is 23.6 Å². The van der Waals surface area contributed by atoms with Crippen molar-refractivity contribution in [3.8, 4) is 5.82 Å². The zero-order valence-corrected chi connectivity index (χ0v) is 15.6. The van der Waals surface area contributed by atoms with Crippen LogP contribution in [0.15, 0.2) is 30.6 Å². The maximum absolute atomic E-state index is 13.4. The third-order valence-corrected chi connectivity index (χ3v) is 3.69. The summed E-state index contributed by atoms with van der Waals surface area (Å²) in [5, 5.41) is 12.0. The van der Waals surface area contributed by atoms with Crippen molar-refractivity contribution in [2.24, 2.45) is 0 Å². The number of halogens is 2. The summed E-state index contributed by atoms with van der Waals surface area (Å²) in [6.07, 6.45) is 2.84. The lowest BCUT2D eigenvalue weighted by atomic mass is 10.2. The van der Waals surface area contributed by atoms with Gasteiger partial charge in [0, 0.05) is 19.2 Å². The van der Waals surface area contributed by atoms with E-state index in [2.05, 4.69) is 15.4 Å². The van der Waals surface area contributed by atoms with Crippen molar-refractivity contribution >= 4 is 11.9 Å². The summed E-state index contributed by atoms with van der Waals surface area (Å²) < 4.78 is 39.3. The molecule has 0 N–H and O–H groups in total. The van der Waals surface area contributed by atoms with Gasteiger partial charge in [-0.2, -0.15) is 9.78 Å². The van der Waals surface area contributed by atoms with E-state index in [4.69, 9.17) is 9.47 Å².